The predicted octanol–water partition coefficient (Wildman–Crippen LogP) is 1.32. The molecule has 1 saturated heterocycles. The topological polar surface area (TPSA) is 33.1 Å². The fraction of sp³-hybridized carbons (Fsp3) is 0.727. The Labute approximate surface area is 99.6 Å². The summed E-state index contributed by atoms with van der Waals surface area (Å²) < 4.78 is 26.0. The van der Waals surface area contributed by atoms with Crippen molar-refractivity contribution < 1.29 is 8.78 Å². The standard InChI is InChI=1S/C11H18F2N4/c1-16-4-2-9(8-16)6-14-7-10-15-3-5-17(10)11(12)13/h3,5,9,11,14H,2,4,6-8H2,1H3. The summed E-state index contributed by atoms with van der Waals surface area (Å²) in [5.74, 6) is 1.02. The van der Waals surface area contributed by atoms with E-state index in [9.17, 15) is 8.78 Å². The van der Waals surface area contributed by atoms with Gasteiger partial charge >= 0.3 is 6.55 Å². The van der Waals surface area contributed by atoms with Crippen LogP contribution in [0.1, 0.15) is 18.8 Å². The van der Waals surface area contributed by atoms with E-state index in [0.717, 1.165) is 24.2 Å². The highest BCUT2D eigenvalue weighted by molar-refractivity contribution is 4.92. The van der Waals surface area contributed by atoms with E-state index >= 15 is 0 Å². The number of nitrogens with zero attached hydrogens (tertiary/aromatic N) is 3. The lowest BCUT2D eigenvalue weighted by Crippen LogP contribution is -2.26. The molecule has 2 rings (SSSR count). The fourth-order valence-electron chi connectivity index (χ4n) is 2.24. The van der Waals surface area contributed by atoms with Crippen molar-refractivity contribution in [1.82, 2.24) is 19.8 Å². The molecule has 1 atom stereocenters. The Morgan fingerprint density at radius 2 is 2.41 bits per heavy atom. The van der Waals surface area contributed by atoms with Crippen molar-refractivity contribution in [2.45, 2.75) is 19.5 Å². The van der Waals surface area contributed by atoms with Gasteiger partial charge in [-0.2, -0.15) is 8.78 Å². The molecule has 0 aliphatic carbocycles. The van der Waals surface area contributed by atoms with Gasteiger partial charge in [0, 0.05) is 18.9 Å². The Balaban J connectivity index is 1.76. The van der Waals surface area contributed by atoms with E-state index in [2.05, 4.69) is 22.2 Å². The highest BCUT2D eigenvalue weighted by Crippen LogP contribution is 2.14. The second-order valence-electron chi connectivity index (χ2n) is 4.58. The van der Waals surface area contributed by atoms with E-state index in [1.54, 1.807) is 0 Å². The highest BCUT2D eigenvalue weighted by Gasteiger charge is 2.19. The van der Waals surface area contributed by atoms with Crippen LogP contribution < -0.4 is 5.32 Å². The molecule has 0 spiro atoms. The van der Waals surface area contributed by atoms with Gasteiger partial charge in [-0.15, -0.1) is 0 Å². The van der Waals surface area contributed by atoms with Crippen molar-refractivity contribution in [3.8, 4) is 0 Å². The molecule has 4 nitrogen and oxygen atoms in total. The van der Waals surface area contributed by atoms with Crippen LogP contribution >= 0.6 is 0 Å². The van der Waals surface area contributed by atoms with Gasteiger partial charge in [0.1, 0.15) is 5.82 Å². The largest absolute Gasteiger partial charge is 0.319 e. The zero-order valence-corrected chi connectivity index (χ0v) is 9.94. The van der Waals surface area contributed by atoms with Crippen LogP contribution in [0, 0.1) is 5.92 Å². The van der Waals surface area contributed by atoms with Crippen LogP contribution in [0.25, 0.3) is 0 Å². The van der Waals surface area contributed by atoms with Crippen LogP contribution in [0.3, 0.4) is 0 Å². The highest BCUT2D eigenvalue weighted by atomic mass is 19.3. The molecule has 1 aromatic rings. The maximum atomic E-state index is 12.5. The van der Waals surface area contributed by atoms with Gasteiger partial charge in [0.25, 0.3) is 0 Å². The van der Waals surface area contributed by atoms with Crippen LogP contribution in [0.5, 0.6) is 0 Å². The van der Waals surface area contributed by atoms with Crippen LogP contribution in [0.15, 0.2) is 12.4 Å². The zero-order chi connectivity index (χ0) is 12.3. The molecule has 17 heavy (non-hydrogen) atoms. The molecule has 0 saturated carbocycles. The maximum Gasteiger partial charge on any atom is 0.319 e. The number of imidazole rings is 1. The Morgan fingerprint density at radius 1 is 1.59 bits per heavy atom. The lowest BCUT2D eigenvalue weighted by Gasteiger charge is -2.12. The molecule has 1 fully saturated rings. The minimum absolute atomic E-state index is 0.395. The second-order valence-corrected chi connectivity index (χ2v) is 4.58. The van der Waals surface area contributed by atoms with E-state index in [1.807, 2.05) is 0 Å². The van der Waals surface area contributed by atoms with Gasteiger partial charge in [-0.1, -0.05) is 0 Å². The number of likely N-dealkylation sites (tertiary alicyclic amines) is 1. The maximum absolute atomic E-state index is 12.5. The first-order chi connectivity index (χ1) is 8.16. The van der Waals surface area contributed by atoms with Crippen molar-refractivity contribution in [2.24, 2.45) is 5.92 Å². The normalized spacial score (nSPS) is 21.5. The summed E-state index contributed by atoms with van der Waals surface area (Å²) in [6, 6.07) is 0. The van der Waals surface area contributed by atoms with Crippen molar-refractivity contribution in [2.75, 3.05) is 26.7 Å². The van der Waals surface area contributed by atoms with Crippen molar-refractivity contribution in [1.29, 1.82) is 0 Å². The Hall–Kier alpha value is -1.01. The Morgan fingerprint density at radius 3 is 3.06 bits per heavy atom. The van der Waals surface area contributed by atoms with Crippen molar-refractivity contribution >= 4 is 0 Å². The summed E-state index contributed by atoms with van der Waals surface area (Å²) in [6.45, 7) is 0.957. The van der Waals surface area contributed by atoms with Gasteiger partial charge in [-0.3, -0.25) is 4.57 Å². The number of nitrogens with one attached hydrogen (secondary N) is 1. The molecule has 1 unspecified atom stereocenters. The summed E-state index contributed by atoms with van der Waals surface area (Å²) in [6.07, 6.45) is 3.89. The van der Waals surface area contributed by atoms with Crippen LogP contribution in [-0.2, 0) is 6.54 Å². The quantitative estimate of drug-likeness (QED) is 0.848. The first kappa shape index (κ1) is 12.4. The molecule has 0 amide bonds. The minimum Gasteiger partial charge on any atom is -0.310 e. The third-order valence-electron chi connectivity index (χ3n) is 3.16. The molecule has 96 valence electrons. The Kier molecular flexibility index (Phi) is 4.06. The zero-order valence-electron chi connectivity index (χ0n) is 9.94. The molecule has 1 aliphatic rings. The molecule has 0 bridgehead atoms. The molecular weight excluding hydrogens is 226 g/mol. The molecular formula is C11H18F2N4. The van der Waals surface area contributed by atoms with Crippen LogP contribution in [-0.4, -0.2) is 41.1 Å². The summed E-state index contributed by atoms with van der Waals surface area (Å²) in [7, 11) is 2.10. The second kappa shape index (κ2) is 5.55. The Bertz CT molecular complexity index is 353. The number of alkyl halides is 2. The average Bonchev–Trinajstić information content (AvgIpc) is 2.87. The number of rotatable bonds is 5. The van der Waals surface area contributed by atoms with E-state index in [-0.39, 0.29) is 0 Å². The number of halogens is 2. The third kappa shape index (κ3) is 3.23. The summed E-state index contributed by atoms with van der Waals surface area (Å²) in [4.78, 5) is 6.21. The minimum atomic E-state index is -2.51. The molecule has 1 N–H and O–H groups in total. The van der Waals surface area contributed by atoms with Crippen LogP contribution in [0.2, 0.25) is 0 Å². The average molecular weight is 244 g/mol. The first-order valence-electron chi connectivity index (χ1n) is 5.86. The first-order valence-corrected chi connectivity index (χ1v) is 5.86. The van der Waals surface area contributed by atoms with E-state index in [1.165, 1.54) is 18.8 Å². The SMILES string of the molecule is CN1CCC(CNCc2nccn2C(F)F)C1. The number of hydrogen-bond donors (Lipinski definition) is 1. The third-order valence-corrected chi connectivity index (χ3v) is 3.16. The van der Waals surface area contributed by atoms with Gasteiger partial charge in [0.2, 0.25) is 0 Å². The van der Waals surface area contributed by atoms with E-state index < -0.39 is 6.55 Å². The van der Waals surface area contributed by atoms with Gasteiger partial charge in [0.05, 0.1) is 6.54 Å². The van der Waals surface area contributed by atoms with Crippen molar-refractivity contribution in [3.63, 3.8) is 0 Å². The molecule has 6 heteroatoms. The smallest absolute Gasteiger partial charge is 0.310 e. The molecule has 0 aromatic carbocycles. The van der Waals surface area contributed by atoms with Gasteiger partial charge in [0.15, 0.2) is 0 Å². The van der Waals surface area contributed by atoms with Gasteiger partial charge in [-0.05, 0) is 32.5 Å². The number of hydrogen-bond acceptors (Lipinski definition) is 3. The molecule has 1 aromatic heterocycles. The fourth-order valence-corrected chi connectivity index (χ4v) is 2.24. The van der Waals surface area contributed by atoms with E-state index in [0.29, 0.717) is 18.3 Å². The molecule has 0 radical (unpaired) electrons. The predicted molar refractivity (Wildman–Crippen MR) is 60.8 cm³/mol. The van der Waals surface area contributed by atoms with Gasteiger partial charge in [-0.25, -0.2) is 4.98 Å². The lowest BCUT2D eigenvalue weighted by molar-refractivity contribution is 0.0666. The number of aromatic nitrogens is 2. The summed E-state index contributed by atoms with van der Waals surface area (Å²) in [5.41, 5.74) is 0. The monoisotopic (exact) mass is 244 g/mol. The summed E-state index contributed by atoms with van der Waals surface area (Å²) >= 11 is 0. The van der Waals surface area contributed by atoms with Crippen LogP contribution in [0.4, 0.5) is 8.78 Å². The summed E-state index contributed by atoms with van der Waals surface area (Å²) in [5, 5.41) is 3.20. The van der Waals surface area contributed by atoms with Crippen molar-refractivity contribution in [3.05, 3.63) is 18.2 Å². The van der Waals surface area contributed by atoms with Gasteiger partial charge < -0.3 is 10.2 Å². The lowest BCUT2D eigenvalue weighted by atomic mass is 10.1. The molecule has 2 heterocycles. The molecule has 1 aliphatic heterocycles. The van der Waals surface area contributed by atoms with E-state index in [4.69, 9.17) is 0 Å².